The Morgan fingerprint density at radius 2 is 2.25 bits per heavy atom. The van der Waals surface area contributed by atoms with E-state index in [9.17, 15) is 19.6 Å². The molecule has 8 heteroatoms. The Kier molecular flexibility index (Phi) is 4.48. The Morgan fingerprint density at radius 1 is 1.46 bits per heavy atom. The molecule has 0 fully saturated rings. The standard InChI is InChI=1S/C16H19FN4O3/c1-11-5-12-3-2-4-19(16(12)15(17)6-11)9-14(22)10-20-8-13(7-18-20)21(23)24/h5-8,14,22H,2-4,9-10H2,1H3. The van der Waals surface area contributed by atoms with Crippen molar-refractivity contribution in [3.8, 4) is 0 Å². The Morgan fingerprint density at radius 3 is 2.96 bits per heavy atom. The van der Waals surface area contributed by atoms with Gasteiger partial charge in [0.1, 0.15) is 18.2 Å². The number of fused-ring (bicyclic) bond motifs is 1. The third kappa shape index (κ3) is 3.38. The molecule has 24 heavy (non-hydrogen) atoms. The van der Waals surface area contributed by atoms with Gasteiger partial charge in [-0.25, -0.2) is 4.39 Å². The zero-order chi connectivity index (χ0) is 17.3. The molecule has 1 aromatic carbocycles. The van der Waals surface area contributed by atoms with Crippen molar-refractivity contribution in [3.05, 3.63) is 51.6 Å². The number of aromatic nitrogens is 2. The van der Waals surface area contributed by atoms with Crippen LogP contribution in [0.3, 0.4) is 0 Å². The van der Waals surface area contributed by atoms with Gasteiger partial charge in [0, 0.05) is 13.1 Å². The summed E-state index contributed by atoms with van der Waals surface area (Å²) in [7, 11) is 0. The molecule has 1 aliphatic rings. The lowest BCUT2D eigenvalue weighted by molar-refractivity contribution is -0.385. The number of aryl methyl sites for hydroxylation is 2. The van der Waals surface area contributed by atoms with Crippen molar-refractivity contribution in [1.82, 2.24) is 9.78 Å². The third-order valence-electron chi connectivity index (χ3n) is 4.14. The lowest BCUT2D eigenvalue weighted by Gasteiger charge is -2.33. The second kappa shape index (κ2) is 6.56. The first-order valence-corrected chi connectivity index (χ1v) is 7.83. The number of nitrogens with zero attached hydrogens (tertiary/aromatic N) is 4. The van der Waals surface area contributed by atoms with Crippen molar-refractivity contribution in [3.63, 3.8) is 0 Å². The molecule has 0 saturated heterocycles. The number of anilines is 1. The van der Waals surface area contributed by atoms with E-state index in [1.54, 1.807) is 0 Å². The maximum Gasteiger partial charge on any atom is 0.306 e. The van der Waals surface area contributed by atoms with Crippen LogP contribution in [0.5, 0.6) is 0 Å². The first-order chi connectivity index (χ1) is 11.4. The van der Waals surface area contributed by atoms with Gasteiger partial charge in [-0.15, -0.1) is 0 Å². The lowest BCUT2D eigenvalue weighted by atomic mass is 9.98. The Hall–Kier alpha value is -2.48. The van der Waals surface area contributed by atoms with Crippen molar-refractivity contribution in [1.29, 1.82) is 0 Å². The Bertz CT molecular complexity index is 762. The Labute approximate surface area is 138 Å². The zero-order valence-corrected chi connectivity index (χ0v) is 13.4. The highest BCUT2D eigenvalue weighted by molar-refractivity contribution is 5.58. The van der Waals surface area contributed by atoms with Gasteiger partial charge in [-0.2, -0.15) is 5.10 Å². The summed E-state index contributed by atoms with van der Waals surface area (Å²) in [5.74, 6) is -0.272. The van der Waals surface area contributed by atoms with E-state index in [-0.39, 0.29) is 24.6 Å². The van der Waals surface area contributed by atoms with Crippen LogP contribution < -0.4 is 4.90 Å². The number of rotatable bonds is 5. The largest absolute Gasteiger partial charge is 0.389 e. The summed E-state index contributed by atoms with van der Waals surface area (Å²) in [6, 6.07) is 3.48. The van der Waals surface area contributed by atoms with Gasteiger partial charge in [-0.05, 0) is 37.0 Å². The van der Waals surface area contributed by atoms with Crippen LogP contribution in [0.2, 0.25) is 0 Å². The fourth-order valence-corrected chi connectivity index (χ4v) is 3.18. The van der Waals surface area contributed by atoms with Crippen LogP contribution in [0.25, 0.3) is 0 Å². The SMILES string of the molecule is Cc1cc(F)c2c(c1)CCCN2CC(O)Cn1cc([N+](=O)[O-])cn1. The fourth-order valence-electron chi connectivity index (χ4n) is 3.18. The molecule has 0 aliphatic carbocycles. The predicted molar refractivity (Wildman–Crippen MR) is 86.6 cm³/mol. The van der Waals surface area contributed by atoms with E-state index in [1.807, 2.05) is 17.9 Å². The van der Waals surface area contributed by atoms with Crippen molar-refractivity contribution in [2.45, 2.75) is 32.4 Å². The molecule has 128 valence electrons. The second-order valence-corrected chi connectivity index (χ2v) is 6.14. The molecule has 1 atom stereocenters. The average molecular weight is 334 g/mol. The molecule has 1 N–H and O–H groups in total. The summed E-state index contributed by atoms with van der Waals surface area (Å²) in [5, 5.41) is 24.8. The summed E-state index contributed by atoms with van der Waals surface area (Å²) in [4.78, 5) is 12.0. The fraction of sp³-hybridized carbons (Fsp3) is 0.438. The molecule has 0 bridgehead atoms. The number of β-amino-alcohol motifs (C(OH)–C–C–N with tert-alkyl or cyclic N) is 1. The van der Waals surface area contributed by atoms with Gasteiger partial charge in [-0.1, -0.05) is 6.07 Å². The van der Waals surface area contributed by atoms with Gasteiger partial charge in [0.05, 0.1) is 23.3 Å². The molecule has 3 rings (SSSR count). The van der Waals surface area contributed by atoms with Gasteiger partial charge >= 0.3 is 5.69 Å². The van der Waals surface area contributed by atoms with E-state index in [1.165, 1.54) is 16.9 Å². The second-order valence-electron chi connectivity index (χ2n) is 6.14. The smallest absolute Gasteiger partial charge is 0.306 e. The van der Waals surface area contributed by atoms with Crippen LogP contribution >= 0.6 is 0 Å². The highest BCUT2D eigenvalue weighted by Gasteiger charge is 2.23. The van der Waals surface area contributed by atoms with E-state index < -0.39 is 11.0 Å². The van der Waals surface area contributed by atoms with Crippen molar-refractivity contribution in [2.75, 3.05) is 18.0 Å². The van der Waals surface area contributed by atoms with Gasteiger partial charge in [0.15, 0.2) is 0 Å². The van der Waals surface area contributed by atoms with E-state index in [0.717, 1.165) is 30.2 Å². The highest BCUT2D eigenvalue weighted by atomic mass is 19.1. The van der Waals surface area contributed by atoms with Gasteiger partial charge < -0.3 is 10.0 Å². The molecule has 0 spiro atoms. The summed E-state index contributed by atoms with van der Waals surface area (Å²) < 4.78 is 15.7. The number of hydrogen-bond donors (Lipinski definition) is 1. The molecule has 2 aromatic rings. The van der Waals surface area contributed by atoms with E-state index >= 15 is 0 Å². The quantitative estimate of drug-likeness (QED) is 0.668. The molecule has 1 aromatic heterocycles. The number of nitro groups is 1. The van der Waals surface area contributed by atoms with Gasteiger partial charge in [0.2, 0.25) is 0 Å². The first kappa shape index (κ1) is 16.4. The molecule has 7 nitrogen and oxygen atoms in total. The summed E-state index contributed by atoms with van der Waals surface area (Å²) in [6.07, 6.45) is 3.33. The summed E-state index contributed by atoms with van der Waals surface area (Å²) in [6.45, 7) is 2.90. The molecule has 0 amide bonds. The van der Waals surface area contributed by atoms with Crippen LogP contribution in [-0.4, -0.2) is 39.0 Å². The molecular weight excluding hydrogens is 315 g/mol. The number of hydrogen-bond acceptors (Lipinski definition) is 5. The predicted octanol–water partition coefficient (Wildman–Crippen LogP) is 2.05. The zero-order valence-electron chi connectivity index (χ0n) is 13.4. The average Bonchev–Trinajstić information content (AvgIpc) is 2.95. The third-order valence-corrected chi connectivity index (χ3v) is 4.14. The van der Waals surface area contributed by atoms with E-state index in [2.05, 4.69) is 5.10 Å². The number of aliphatic hydroxyl groups excluding tert-OH is 1. The molecule has 0 saturated carbocycles. The first-order valence-electron chi connectivity index (χ1n) is 7.83. The van der Waals surface area contributed by atoms with Crippen LogP contribution in [-0.2, 0) is 13.0 Å². The van der Waals surface area contributed by atoms with Crippen molar-refractivity contribution >= 4 is 11.4 Å². The van der Waals surface area contributed by atoms with Crippen LogP contribution in [0, 0.1) is 22.9 Å². The minimum Gasteiger partial charge on any atom is -0.389 e. The highest BCUT2D eigenvalue weighted by Crippen LogP contribution is 2.31. The number of halogens is 1. The lowest BCUT2D eigenvalue weighted by Crippen LogP contribution is -2.38. The van der Waals surface area contributed by atoms with Crippen molar-refractivity contribution < 1.29 is 14.4 Å². The molecular formula is C16H19FN4O3. The van der Waals surface area contributed by atoms with Gasteiger partial charge in [0.25, 0.3) is 0 Å². The van der Waals surface area contributed by atoms with E-state index in [0.29, 0.717) is 12.2 Å². The van der Waals surface area contributed by atoms with Crippen LogP contribution in [0.1, 0.15) is 17.5 Å². The monoisotopic (exact) mass is 334 g/mol. The molecule has 2 heterocycles. The van der Waals surface area contributed by atoms with E-state index in [4.69, 9.17) is 0 Å². The normalized spacial score (nSPS) is 15.2. The minimum absolute atomic E-state index is 0.118. The maximum atomic E-state index is 14.3. The van der Waals surface area contributed by atoms with Crippen LogP contribution in [0.15, 0.2) is 24.5 Å². The van der Waals surface area contributed by atoms with Crippen molar-refractivity contribution in [2.24, 2.45) is 0 Å². The molecule has 1 aliphatic heterocycles. The minimum atomic E-state index is -0.809. The molecule has 1 unspecified atom stereocenters. The summed E-state index contributed by atoms with van der Waals surface area (Å²) in [5.41, 5.74) is 2.28. The number of aliphatic hydroxyl groups is 1. The van der Waals surface area contributed by atoms with Crippen LogP contribution in [0.4, 0.5) is 15.8 Å². The van der Waals surface area contributed by atoms with Gasteiger partial charge in [-0.3, -0.25) is 14.8 Å². The maximum absolute atomic E-state index is 14.3. The topological polar surface area (TPSA) is 84.4 Å². The number of benzene rings is 1. The summed E-state index contributed by atoms with van der Waals surface area (Å²) >= 11 is 0. The Balaban J connectivity index is 1.71. The molecule has 0 radical (unpaired) electrons.